The monoisotopic (exact) mass is 501 g/mol. The molecular weight excluding hydrogens is 474 g/mol. The largest absolute Gasteiger partial charge is 0.456 e. The minimum atomic E-state index is 0. The summed E-state index contributed by atoms with van der Waals surface area (Å²) in [5.74, 6) is 0. The fourth-order valence-electron chi connectivity index (χ4n) is 6.43. The molecule has 0 radical (unpaired) electrons. The van der Waals surface area contributed by atoms with E-state index >= 15 is 0 Å². The molecule has 0 aliphatic rings. The van der Waals surface area contributed by atoms with Gasteiger partial charge < -0.3 is 9.40 Å². The zero-order chi connectivity index (χ0) is 26.1. The van der Waals surface area contributed by atoms with E-state index in [1.165, 1.54) is 43.3 Å². The van der Waals surface area contributed by atoms with Crippen molar-refractivity contribution in [3.05, 3.63) is 121 Å². The first-order valence-corrected chi connectivity index (χ1v) is 13.4. The Morgan fingerprint density at radius 1 is 0.667 bits per heavy atom. The molecule has 39 heavy (non-hydrogen) atoms. The highest BCUT2D eigenvalue weighted by atomic mass is 16.3. The van der Waals surface area contributed by atoms with Gasteiger partial charge in [-0.25, -0.2) is 0 Å². The van der Waals surface area contributed by atoms with E-state index in [4.69, 9.17) is 4.42 Å². The summed E-state index contributed by atoms with van der Waals surface area (Å²) in [5.41, 5.74) is 8.74. The van der Waals surface area contributed by atoms with Crippen molar-refractivity contribution in [3.63, 3.8) is 0 Å². The lowest BCUT2D eigenvalue weighted by molar-refractivity contribution is 0.669. The summed E-state index contributed by atoms with van der Waals surface area (Å²) in [7, 11) is 0. The van der Waals surface area contributed by atoms with Crippen molar-refractivity contribution in [2.75, 3.05) is 0 Å². The average Bonchev–Trinajstić information content (AvgIpc) is 3.56. The molecule has 2 nitrogen and oxygen atoms in total. The maximum Gasteiger partial charge on any atom is 0.136 e. The molecule has 0 amide bonds. The van der Waals surface area contributed by atoms with Crippen molar-refractivity contribution >= 4 is 77.4 Å². The third kappa shape index (κ3) is 3.03. The topological polar surface area (TPSA) is 28.9 Å². The third-order valence-corrected chi connectivity index (χ3v) is 8.09. The zero-order valence-electron chi connectivity index (χ0n) is 21.6. The number of para-hydroxylation sites is 1. The van der Waals surface area contributed by atoms with Crippen LogP contribution in [0.25, 0.3) is 88.6 Å². The molecule has 6 aromatic carbocycles. The molecule has 0 unspecified atom stereocenters. The van der Waals surface area contributed by atoms with Crippen molar-refractivity contribution in [3.8, 4) is 11.1 Å². The lowest BCUT2D eigenvalue weighted by Crippen LogP contribution is -1.87. The van der Waals surface area contributed by atoms with Gasteiger partial charge in [0.2, 0.25) is 0 Å². The molecule has 0 atom stereocenters. The van der Waals surface area contributed by atoms with E-state index in [0.717, 1.165) is 44.3 Å². The number of benzene rings is 6. The summed E-state index contributed by atoms with van der Waals surface area (Å²) in [4.78, 5) is 3.83. The lowest BCUT2D eigenvalue weighted by atomic mass is 9.92. The first kappa shape index (κ1) is 22.0. The van der Waals surface area contributed by atoms with Crippen molar-refractivity contribution in [1.29, 1.82) is 0 Å². The van der Waals surface area contributed by atoms with Crippen molar-refractivity contribution < 1.29 is 5.84 Å². The Balaban J connectivity index is 0.00000264. The lowest BCUT2D eigenvalue weighted by Gasteiger charge is -2.10. The molecule has 2 heteroatoms. The number of hydrogen-bond acceptors (Lipinski definition) is 1. The number of hydrogen-bond donors (Lipinski definition) is 1. The predicted octanol–water partition coefficient (Wildman–Crippen LogP) is 11.1. The Kier molecular flexibility index (Phi) is 4.62. The van der Waals surface area contributed by atoms with Crippen LogP contribution in [-0.2, 0) is 0 Å². The summed E-state index contributed by atoms with van der Waals surface area (Å²) in [6.07, 6.45) is 6.29. The molecule has 0 aliphatic heterocycles. The maximum absolute atomic E-state index is 6.40. The number of rotatable bonds is 3. The second kappa shape index (κ2) is 8.21. The van der Waals surface area contributed by atoms with E-state index in [9.17, 15) is 0 Å². The van der Waals surface area contributed by atoms with E-state index in [1.807, 2.05) is 6.08 Å². The molecule has 186 valence electrons. The summed E-state index contributed by atoms with van der Waals surface area (Å²) in [6, 6.07) is 34.5. The second-order valence-electron chi connectivity index (χ2n) is 10.2. The Hall–Kier alpha value is -5.08. The number of aromatic nitrogens is 1. The molecule has 2 heterocycles. The van der Waals surface area contributed by atoms with Gasteiger partial charge in [0, 0.05) is 33.9 Å². The van der Waals surface area contributed by atoms with Gasteiger partial charge in [0.1, 0.15) is 11.2 Å². The van der Waals surface area contributed by atoms with Gasteiger partial charge in [0.25, 0.3) is 0 Å². The highest BCUT2D eigenvalue weighted by Crippen LogP contribution is 2.42. The summed E-state index contributed by atoms with van der Waals surface area (Å²) in [5, 5.41) is 9.62. The fourth-order valence-corrected chi connectivity index (χ4v) is 6.43. The molecule has 0 spiro atoms. The van der Waals surface area contributed by atoms with Crippen LogP contribution in [0.5, 0.6) is 0 Å². The zero-order valence-corrected chi connectivity index (χ0v) is 21.6. The van der Waals surface area contributed by atoms with E-state index in [0.29, 0.717) is 0 Å². The number of H-pyrrole nitrogens is 1. The molecule has 8 aromatic rings. The highest BCUT2D eigenvalue weighted by molar-refractivity contribution is 6.24. The minimum Gasteiger partial charge on any atom is -0.456 e. The van der Waals surface area contributed by atoms with Gasteiger partial charge in [-0.15, -0.1) is 0 Å². The van der Waals surface area contributed by atoms with Gasteiger partial charge in [0.15, 0.2) is 0 Å². The van der Waals surface area contributed by atoms with Crippen LogP contribution in [0.1, 0.15) is 19.5 Å². The molecule has 0 aliphatic carbocycles. The van der Waals surface area contributed by atoms with E-state index in [1.54, 1.807) is 0 Å². The second-order valence-corrected chi connectivity index (χ2v) is 10.2. The number of fused-ring (bicyclic) bond motifs is 10. The van der Waals surface area contributed by atoms with Crippen LogP contribution in [-0.4, -0.2) is 4.98 Å². The Morgan fingerprint density at radius 3 is 2.31 bits per heavy atom. The van der Waals surface area contributed by atoms with E-state index in [-0.39, 0.29) is 1.43 Å². The van der Waals surface area contributed by atoms with Gasteiger partial charge >= 0.3 is 0 Å². The summed E-state index contributed by atoms with van der Waals surface area (Å²) >= 11 is 0. The fraction of sp³-hybridized carbons (Fsp3) is 0.0270. The molecular formula is C37H27NO. The standard InChI is InChI=1S/C37H25NO.H2/c1-3-10-27-24(4-2)35-31-16-9-15-26(36(31)38-37(35)29-14-8-7-13-28(27)29)23-17-19-30-33(21-23)39-32-20-18-22-11-5-6-12-25(22)34(30)32;/h3-21,38H,2H2,1H3;1H/b10-3-;. The first-order chi connectivity index (χ1) is 19.3. The van der Waals surface area contributed by atoms with Gasteiger partial charge in [-0.1, -0.05) is 104 Å². The Morgan fingerprint density at radius 2 is 1.46 bits per heavy atom. The minimum absolute atomic E-state index is 0. The number of aromatic amines is 1. The van der Waals surface area contributed by atoms with Gasteiger partial charge in [0.05, 0.1) is 11.0 Å². The molecule has 0 fully saturated rings. The Labute approximate surface area is 227 Å². The summed E-state index contributed by atoms with van der Waals surface area (Å²) in [6.45, 7) is 6.28. The molecule has 0 saturated heterocycles. The van der Waals surface area contributed by atoms with Crippen LogP contribution in [0.2, 0.25) is 0 Å². The normalized spacial score (nSPS) is 12.2. The van der Waals surface area contributed by atoms with Crippen molar-refractivity contribution in [2.45, 2.75) is 6.92 Å². The van der Waals surface area contributed by atoms with Crippen molar-refractivity contribution in [1.82, 2.24) is 4.98 Å². The van der Waals surface area contributed by atoms with Crippen LogP contribution in [0.3, 0.4) is 0 Å². The molecule has 0 bridgehead atoms. The molecule has 8 rings (SSSR count). The number of nitrogens with one attached hydrogen (secondary N) is 1. The van der Waals surface area contributed by atoms with Gasteiger partial charge in [-0.2, -0.15) is 0 Å². The number of furan rings is 1. The maximum atomic E-state index is 6.40. The molecule has 2 aromatic heterocycles. The SMILES string of the molecule is C=Cc1c(/C=C\C)c2ccccc2c2[nH]c3c(-c4ccc5c(c4)oc4ccc6ccccc6c45)cccc3c12.[HH]. The van der Waals surface area contributed by atoms with Crippen molar-refractivity contribution in [2.24, 2.45) is 0 Å². The first-order valence-electron chi connectivity index (χ1n) is 13.4. The van der Waals surface area contributed by atoms with Crippen LogP contribution in [0, 0.1) is 0 Å². The Bertz CT molecular complexity index is 2320. The van der Waals surface area contributed by atoms with Crippen LogP contribution < -0.4 is 0 Å². The van der Waals surface area contributed by atoms with E-state index in [2.05, 4.69) is 128 Å². The van der Waals surface area contributed by atoms with Crippen LogP contribution in [0.4, 0.5) is 0 Å². The highest BCUT2D eigenvalue weighted by Gasteiger charge is 2.18. The smallest absolute Gasteiger partial charge is 0.136 e. The van der Waals surface area contributed by atoms with Crippen LogP contribution >= 0.6 is 0 Å². The third-order valence-electron chi connectivity index (χ3n) is 8.09. The van der Waals surface area contributed by atoms with E-state index < -0.39 is 0 Å². The molecule has 0 saturated carbocycles. The number of allylic oxidation sites excluding steroid dienone is 1. The summed E-state index contributed by atoms with van der Waals surface area (Å²) < 4.78 is 6.40. The average molecular weight is 502 g/mol. The van der Waals surface area contributed by atoms with Crippen LogP contribution in [0.15, 0.2) is 114 Å². The molecule has 1 N–H and O–H groups in total. The van der Waals surface area contributed by atoms with Gasteiger partial charge in [-0.05, 0) is 58.0 Å². The van der Waals surface area contributed by atoms with Gasteiger partial charge in [-0.3, -0.25) is 0 Å². The predicted molar refractivity (Wildman–Crippen MR) is 170 cm³/mol. The quantitative estimate of drug-likeness (QED) is 0.256.